The highest BCUT2D eigenvalue weighted by Crippen LogP contribution is 2.53. The average Bonchev–Trinajstić information content (AvgIpc) is 2.98. The van der Waals surface area contributed by atoms with Crippen LogP contribution in [-0.2, 0) is 4.79 Å². The van der Waals surface area contributed by atoms with Crippen molar-refractivity contribution < 1.29 is 9.18 Å². The predicted molar refractivity (Wildman–Crippen MR) is 81.1 cm³/mol. The van der Waals surface area contributed by atoms with Crippen LogP contribution in [0.4, 0.5) is 15.8 Å². The SMILES string of the molecule is CC(C)N(C)c1ccc(NC(=O)C2CC2(Cl)Cl)cc1F. The molecule has 3 nitrogen and oxygen atoms in total. The first kappa shape index (κ1) is 15.4. The van der Waals surface area contributed by atoms with Gasteiger partial charge in [0.25, 0.3) is 0 Å². The van der Waals surface area contributed by atoms with Crippen LogP contribution in [0.3, 0.4) is 0 Å². The third-order valence-electron chi connectivity index (χ3n) is 3.51. The third-order valence-corrected chi connectivity index (χ3v) is 4.35. The first-order chi connectivity index (χ1) is 9.22. The molecule has 1 aromatic carbocycles. The molecule has 110 valence electrons. The van der Waals surface area contributed by atoms with E-state index in [4.69, 9.17) is 23.2 Å². The minimum Gasteiger partial charge on any atom is -0.370 e. The summed E-state index contributed by atoms with van der Waals surface area (Å²) >= 11 is 11.7. The molecule has 2 rings (SSSR count). The van der Waals surface area contributed by atoms with Gasteiger partial charge in [-0.15, -0.1) is 23.2 Å². The third kappa shape index (κ3) is 3.18. The number of hydrogen-bond acceptors (Lipinski definition) is 2. The van der Waals surface area contributed by atoms with E-state index in [0.29, 0.717) is 17.8 Å². The van der Waals surface area contributed by atoms with E-state index in [-0.39, 0.29) is 17.8 Å². The number of rotatable bonds is 4. The maximum Gasteiger partial charge on any atom is 0.230 e. The standard InChI is InChI=1S/C14H17Cl2FN2O/c1-8(2)19(3)12-5-4-9(6-11(12)17)18-13(20)10-7-14(10,15)16/h4-6,8,10H,7H2,1-3H3,(H,18,20). The maximum atomic E-state index is 14.0. The Hall–Kier alpha value is -1.00. The average molecular weight is 319 g/mol. The summed E-state index contributed by atoms with van der Waals surface area (Å²) in [5.74, 6) is -1.08. The quantitative estimate of drug-likeness (QED) is 0.856. The largest absolute Gasteiger partial charge is 0.370 e. The minimum atomic E-state index is -0.972. The minimum absolute atomic E-state index is 0.185. The monoisotopic (exact) mass is 318 g/mol. The Balaban J connectivity index is 2.08. The van der Waals surface area contributed by atoms with Crippen LogP contribution in [0.5, 0.6) is 0 Å². The molecule has 1 atom stereocenters. The van der Waals surface area contributed by atoms with Gasteiger partial charge < -0.3 is 10.2 Å². The van der Waals surface area contributed by atoms with Gasteiger partial charge in [-0.3, -0.25) is 4.79 Å². The number of nitrogens with zero attached hydrogens (tertiary/aromatic N) is 1. The molecule has 0 bridgehead atoms. The summed E-state index contributed by atoms with van der Waals surface area (Å²) in [7, 11) is 1.82. The topological polar surface area (TPSA) is 32.3 Å². The Morgan fingerprint density at radius 1 is 1.50 bits per heavy atom. The Morgan fingerprint density at radius 3 is 2.55 bits per heavy atom. The zero-order valence-electron chi connectivity index (χ0n) is 11.6. The highest BCUT2D eigenvalue weighted by Gasteiger charge is 2.56. The van der Waals surface area contributed by atoms with Crippen LogP contribution in [0, 0.1) is 11.7 Å². The molecule has 1 aliphatic rings. The molecule has 1 fully saturated rings. The summed E-state index contributed by atoms with van der Waals surface area (Å²) in [6.45, 7) is 3.95. The first-order valence-electron chi connectivity index (χ1n) is 6.43. The summed E-state index contributed by atoms with van der Waals surface area (Å²) in [5.41, 5.74) is 0.901. The lowest BCUT2D eigenvalue weighted by atomic mass is 10.2. The lowest BCUT2D eigenvalue weighted by molar-refractivity contribution is -0.117. The second-order valence-electron chi connectivity index (χ2n) is 5.38. The van der Waals surface area contributed by atoms with E-state index in [0.717, 1.165) is 0 Å². The highest BCUT2D eigenvalue weighted by molar-refractivity contribution is 6.52. The van der Waals surface area contributed by atoms with Gasteiger partial charge in [0.15, 0.2) is 0 Å². The van der Waals surface area contributed by atoms with Crippen LogP contribution in [0.1, 0.15) is 20.3 Å². The van der Waals surface area contributed by atoms with Crippen molar-refractivity contribution in [3.05, 3.63) is 24.0 Å². The molecule has 0 aliphatic heterocycles. The Bertz CT molecular complexity index is 534. The van der Waals surface area contributed by atoms with Crippen molar-refractivity contribution in [3.8, 4) is 0 Å². The first-order valence-corrected chi connectivity index (χ1v) is 7.19. The van der Waals surface area contributed by atoms with Crippen molar-refractivity contribution in [2.45, 2.75) is 30.6 Å². The van der Waals surface area contributed by atoms with Crippen molar-refractivity contribution in [3.63, 3.8) is 0 Å². The van der Waals surface area contributed by atoms with Crippen LogP contribution in [-0.4, -0.2) is 23.3 Å². The van der Waals surface area contributed by atoms with Crippen molar-refractivity contribution in [2.75, 3.05) is 17.3 Å². The molecule has 0 heterocycles. The summed E-state index contributed by atoms with van der Waals surface area (Å²) in [6.07, 6.45) is 0.429. The van der Waals surface area contributed by atoms with E-state index in [1.54, 1.807) is 12.1 Å². The number of nitrogens with one attached hydrogen (secondary N) is 1. The lowest BCUT2D eigenvalue weighted by Crippen LogP contribution is -2.26. The summed E-state index contributed by atoms with van der Waals surface area (Å²) < 4.78 is 13.1. The summed E-state index contributed by atoms with van der Waals surface area (Å²) in [4.78, 5) is 13.6. The molecule has 0 radical (unpaired) electrons. The molecule has 0 saturated heterocycles. The predicted octanol–water partition coefficient (Wildman–Crippen LogP) is 3.80. The highest BCUT2D eigenvalue weighted by atomic mass is 35.5. The number of amides is 1. The smallest absolute Gasteiger partial charge is 0.230 e. The molecule has 6 heteroatoms. The van der Waals surface area contributed by atoms with Gasteiger partial charge in [0.2, 0.25) is 5.91 Å². The number of benzene rings is 1. The molecule has 1 saturated carbocycles. The number of carbonyl (C=O) groups excluding carboxylic acids is 1. The normalized spacial score (nSPS) is 19.9. The second kappa shape index (κ2) is 5.41. The lowest BCUT2D eigenvalue weighted by Gasteiger charge is -2.24. The van der Waals surface area contributed by atoms with Gasteiger partial charge in [0.1, 0.15) is 10.2 Å². The van der Waals surface area contributed by atoms with E-state index in [1.807, 2.05) is 25.8 Å². The Morgan fingerprint density at radius 2 is 2.10 bits per heavy atom. The maximum absolute atomic E-state index is 14.0. The molecule has 1 aromatic rings. The molecule has 1 amide bonds. The molecular weight excluding hydrogens is 302 g/mol. The van der Waals surface area contributed by atoms with Gasteiger partial charge in [-0.2, -0.15) is 0 Å². The van der Waals surface area contributed by atoms with Gasteiger partial charge in [-0.25, -0.2) is 4.39 Å². The van der Waals surface area contributed by atoms with Crippen LogP contribution in [0.2, 0.25) is 0 Å². The fourth-order valence-corrected chi connectivity index (χ4v) is 2.38. The number of alkyl halides is 2. The van der Waals surface area contributed by atoms with Gasteiger partial charge in [-0.1, -0.05) is 0 Å². The Labute approximate surface area is 128 Å². The van der Waals surface area contributed by atoms with E-state index < -0.39 is 10.3 Å². The number of anilines is 2. The van der Waals surface area contributed by atoms with Gasteiger partial charge >= 0.3 is 0 Å². The van der Waals surface area contributed by atoms with Crippen molar-refractivity contribution in [1.82, 2.24) is 0 Å². The van der Waals surface area contributed by atoms with Crippen LogP contribution < -0.4 is 10.2 Å². The van der Waals surface area contributed by atoms with Crippen LogP contribution in [0.15, 0.2) is 18.2 Å². The van der Waals surface area contributed by atoms with E-state index in [1.165, 1.54) is 6.07 Å². The summed E-state index contributed by atoms with van der Waals surface area (Å²) in [5, 5.41) is 2.63. The number of hydrogen-bond donors (Lipinski definition) is 1. The zero-order chi connectivity index (χ0) is 15.1. The Kier molecular flexibility index (Phi) is 4.17. The van der Waals surface area contributed by atoms with Crippen molar-refractivity contribution >= 4 is 40.5 Å². The van der Waals surface area contributed by atoms with Gasteiger partial charge in [0, 0.05) is 18.8 Å². The van der Waals surface area contributed by atoms with Crippen molar-refractivity contribution in [2.24, 2.45) is 5.92 Å². The molecule has 1 N–H and O–H groups in total. The second-order valence-corrected chi connectivity index (χ2v) is 6.92. The van der Waals surface area contributed by atoms with E-state index in [9.17, 15) is 9.18 Å². The molecule has 1 unspecified atom stereocenters. The molecule has 1 aliphatic carbocycles. The van der Waals surface area contributed by atoms with E-state index in [2.05, 4.69) is 5.32 Å². The zero-order valence-corrected chi connectivity index (χ0v) is 13.1. The van der Waals surface area contributed by atoms with Crippen LogP contribution in [0.25, 0.3) is 0 Å². The van der Waals surface area contributed by atoms with Crippen LogP contribution >= 0.6 is 23.2 Å². The molecule has 20 heavy (non-hydrogen) atoms. The fraction of sp³-hybridized carbons (Fsp3) is 0.500. The molecule has 0 spiro atoms. The fourth-order valence-electron chi connectivity index (χ4n) is 1.88. The van der Waals surface area contributed by atoms with Gasteiger partial charge in [-0.05, 0) is 38.5 Å². The van der Waals surface area contributed by atoms with E-state index >= 15 is 0 Å². The molecular formula is C14H17Cl2FN2O. The molecule has 0 aromatic heterocycles. The number of carbonyl (C=O) groups is 1. The number of halogens is 3. The summed E-state index contributed by atoms with van der Waals surface area (Å²) in [6, 6.07) is 4.80. The van der Waals surface area contributed by atoms with Crippen molar-refractivity contribution in [1.29, 1.82) is 0 Å². The van der Waals surface area contributed by atoms with Gasteiger partial charge in [0.05, 0.1) is 11.6 Å².